The number of rotatable bonds is 4. The van der Waals surface area contributed by atoms with Gasteiger partial charge in [0.1, 0.15) is 0 Å². The van der Waals surface area contributed by atoms with Crippen LogP contribution in [0.4, 0.5) is 5.69 Å². The molecule has 1 atom stereocenters. The second-order valence-corrected chi connectivity index (χ2v) is 5.27. The smallest absolute Gasteiger partial charge is 0.0359 e. The Morgan fingerprint density at radius 2 is 1.78 bits per heavy atom. The lowest BCUT2D eigenvalue weighted by molar-refractivity contribution is 0.575. The highest BCUT2D eigenvalue weighted by Crippen LogP contribution is 2.18. The maximum Gasteiger partial charge on any atom is 0.0359 e. The van der Waals surface area contributed by atoms with Crippen molar-refractivity contribution in [1.82, 2.24) is 5.32 Å². The summed E-state index contributed by atoms with van der Waals surface area (Å²) in [5.74, 6) is 0. The number of halogens is 1. The monoisotopic (exact) mass is 304 g/mol. The van der Waals surface area contributed by atoms with Crippen LogP contribution in [0.5, 0.6) is 0 Å². The number of nitrogens with one attached hydrogen (secondary N) is 1. The van der Waals surface area contributed by atoms with E-state index in [0.717, 1.165) is 22.3 Å². The fourth-order valence-corrected chi connectivity index (χ4v) is 2.09. The Morgan fingerprint density at radius 3 is 2.44 bits per heavy atom. The maximum atomic E-state index is 5.92. The predicted octanol–water partition coefficient (Wildman–Crippen LogP) is 3.88. The molecule has 2 aromatic rings. The molecule has 0 bridgehead atoms. The first-order valence-electron chi connectivity index (χ1n) is 5.99. The van der Waals surface area contributed by atoms with E-state index in [9.17, 15) is 0 Å². The molecule has 18 heavy (non-hydrogen) atoms. The summed E-state index contributed by atoms with van der Waals surface area (Å²) in [6.45, 7) is 2.94. The topological polar surface area (TPSA) is 38.0 Å². The van der Waals surface area contributed by atoms with E-state index in [0.29, 0.717) is 6.04 Å². The van der Waals surface area contributed by atoms with Gasteiger partial charge in [0.15, 0.2) is 0 Å². The molecule has 0 saturated heterocycles. The first-order chi connectivity index (χ1) is 8.66. The third kappa shape index (κ3) is 3.34. The zero-order valence-corrected chi connectivity index (χ0v) is 11.9. The first kappa shape index (κ1) is 13.1. The third-order valence-corrected chi connectivity index (χ3v) is 3.55. The Balaban J connectivity index is 1.98. The van der Waals surface area contributed by atoms with Crippen LogP contribution in [0.1, 0.15) is 24.1 Å². The number of benzene rings is 2. The van der Waals surface area contributed by atoms with Crippen LogP contribution in [0.15, 0.2) is 53.0 Å². The highest BCUT2D eigenvalue weighted by atomic mass is 79.9. The summed E-state index contributed by atoms with van der Waals surface area (Å²) < 4.78 is 1.10. The van der Waals surface area contributed by atoms with Gasteiger partial charge in [-0.05, 0) is 36.2 Å². The minimum atomic E-state index is 0.303. The van der Waals surface area contributed by atoms with E-state index in [1.807, 2.05) is 18.2 Å². The predicted molar refractivity (Wildman–Crippen MR) is 80.3 cm³/mol. The Labute approximate surface area is 116 Å². The van der Waals surface area contributed by atoms with Crippen molar-refractivity contribution in [3.63, 3.8) is 0 Å². The van der Waals surface area contributed by atoms with Crippen LogP contribution in [-0.2, 0) is 6.54 Å². The van der Waals surface area contributed by atoms with Crippen molar-refractivity contribution in [1.29, 1.82) is 0 Å². The minimum Gasteiger partial charge on any atom is -0.398 e. The van der Waals surface area contributed by atoms with Crippen molar-refractivity contribution < 1.29 is 0 Å². The molecule has 0 fully saturated rings. The number of nitrogens with two attached hydrogens (primary N) is 1. The Morgan fingerprint density at radius 1 is 1.11 bits per heavy atom. The molecule has 2 nitrogen and oxygen atoms in total. The molecule has 2 aromatic carbocycles. The van der Waals surface area contributed by atoms with Gasteiger partial charge in [-0.25, -0.2) is 0 Å². The van der Waals surface area contributed by atoms with Crippen LogP contribution in [0, 0.1) is 0 Å². The van der Waals surface area contributed by atoms with E-state index < -0.39 is 0 Å². The van der Waals surface area contributed by atoms with Gasteiger partial charge in [-0.3, -0.25) is 0 Å². The van der Waals surface area contributed by atoms with E-state index in [4.69, 9.17) is 5.73 Å². The van der Waals surface area contributed by atoms with Crippen molar-refractivity contribution in [2.45, 2.75) is 19.5 Å². The third-order valence-electron chi connectivity index (χ3n) is 3.02. The number of hydrogen-bond acceptors (Lipinski definition) is 2. The molecule has 0 aliphatic heterocycles. The molecular formula is C15H17BrN2. The van der Waals surface area contributed by atoms with E-state index in [2.05, 4.69) is 58.5 Å². The molecule has 0 aliphatic rings. The second kappa shape index (κ2) is 6.03. The van der Waals surface area contributed by atoms with Crippen molar-refractivity contribution in [2.24, 2.45) is 0 Å². The first-order valence-corrected chi connectivity index (χ1v) is 6.78. The molecule has 0 aliphatic carbocycles. The lowest BCUT2D eigenvalue weighted by Gasteiger charge is -2.15. The Bertz CT molecular complexity index is 508. The van der Waals surface area contributed by atoms with Gasteiger partial charge >= 0.3 is 0 Å². The van der Waals surface area contributed by atoms with E-state index >= 15 is 0 Å². The molecule has 0 radical (unpaired) electrons. The van der Waals surface area contributed by atoms with Crippen molar-refractivity contribution >= 4 is 21.6 Å². The summed E-state index contributed by atoms with van der Waals surface area (Å²) in [7, 11) is 0. The molecule has 0 saturated carbocycles. The summed E-state index contributed by atoms with van der Waals surface area (Å²) in [6, 6.07) is 16.6. The fourth-order valence-electron chi connectivity index (χ4n) is 1.83. The zero-order chi connectivity index (χ0) is 13.0. The Hall–Kier alpha value is -1.32. The molecule has 0 heterocycles. The van der Waals surface area contributed by atoms with Gasteiger partial charge in [0.05, 0.1) is 0 Å². The van der Waals surface area contributed by atoms with Crippen molar-refractivity contribution in [3.05, 3.63) is 64.1 Å². The summed E-state index contributed by atoms with van der Waals surface area (Å²) >= 11 is 3.44. The number of nitrogen functional groups attached to an aromatic ring is 1. The second-order valence-electron chi connectivity index (χ2n) is 4.35. The van der Waals surface area contributed by atoms with Gasteiger partial charge in [-0.1, -0.05) is 46.3 Å². The largest absolute Gasteiger partial charge is 0.398 e. The van der Waals surface area contributed by atoms with Gasteiger partial charge in [-0.2, -0.15) is 0 Å². The van der Waals surface area contributed by atoms with E-state index in [-0.39, 0.29) is 0 Å². The standard InChI is InChI=1S/C15H17BrN2/c1-11(12-6-8-14(16)9-7-12)18-10-13-4-2-3-5-15(13)17/h2-9,11,18H,10,17H2,1H3. The average Bonchev–Trinajstić information content (AvgIpc) is 2.38. The summed E-state index contributed by atoms with van der Waals surface area (Å²) in [6.07, 6.45) is 0. The molecule has 1 unspecified atom stereocenters. The average molecular weight is 305 g/mol. The lowest BCUT2D eigenvalue weighted by Crippen LogP contribution is -2.18. The molecule has 3 N–H and O–H groups in total. The van der Waals surface area contributed by atoms with Gasteiger partial charge in [0.2, 0.25) is 0 Å². The van der Waals surface area contributed by atoms with Crippen LogP contribution >= 0.6 is 15.9 Å². The normalized spacial score (nSPS) is 12.3. The lowest BCUT2D eigenvalue weighted by atomic mass is 10.1. The van der Waals surface area contributed by atoms with Crippen molar-refractivity contribution in [3.8, 4) is 0 Å². The van der Waals surface area contributed by atoms with Gasteiger partial charge in [-0.15, -0.1) is 0 Å². The van der Waals surface area contributed by atoms with Crippen molar-refractivity contribution in [2.75, 3.05) is 5.73 Å². The summed E-state index contributed by atoms with van der Waals surface area (Å²) in [5.41, 5.74) is 9.17. The van der Waals surface area contributed by atoms with Crippen LogP contribution in [0.2, 0.25) is 0 Å². The molecular weight excluding hydrogens is 288 g/mol. The Kier molecular flexibility index (Phi) is 4.39. The molecule has 0 aromatic heterocycles. The molecule has 0 amide bonds. The highest BCUT2D eigenvalue weighted by molar-refractivity contribution is 9.10. The molecule has 2 rings (SSSR count). The van der Waals surface area contributed by atoms with Crippen LogP contribution < -0.4 is 11.1 Å². The molecule has 94 valence electrons. The summed E-state index contributed by atoms with van der Waals surface area (Å²) in [4.78, 5) is 0. The van der Waals surface area contributed by atoms with E-state index in [1.54, 1.807) is 0 Å². The molecule has 3 heteroatoms. The van der Waals surface area contributed by atoms with Crippen LogP contribution in [0.25, 0.3) is 0 Å². The fraction of sp³-hybridized carbons (Fsp3) is 0.200. The quantitative estimate of drug-likeness (QED) is 0.841. The van der Waals surface area contributed by atoms with Crippen LogP contribution in [-0.4, -0.2) is 0 Å². The number of hydrogen-bond donors (Lipinski definition) is 2. The maximum absolute atomic E-state index is 5.92. The van der Waals surface area contributed by atoms with Crippen LogP contribution in [0.3, 0.4) is 0 Å². The SMILES string of the molecule is CC(NCc1ccccc1N)c1ccc(Br)cc1. The van der Waals surface area contributed by atoms with E-state index in [1.165, 1.54) is 5.56 Å². The molecule has 0 spiro atoms. The van der Waals surface area contributed by atoms with Gasteiger partial charge in [0.25, 0.3) is 0 Å². The highest BCUT2D eigenvalue weighted by Gasteiger charge is 2.05. The number of para-hydroxylation sites is 1. The minimum absolute atomic E-state index is 0.303. The van der Waals surface area contributed by atoms with Gasteiger partial charge in [0, 0.05) is 22.7 Å². The van der Waals surface area contributed by atoms with Gasteiger partial charge < -0.3 is 11.1 Å². The number of anilines is 1. The zero-order valence-electron chi connectivity index (χ0n) is 10.4. The summed E-state index contributed by atoms with van der Waals surface area (Å²) in [5, 5.41) is 3.48.